The molecule has 0 aliphatic rings. The molecule has 158 valence electrons. The molecular weight excluding hydrogens is 458 g/mol. The molecule has 1 heterocycles. The number of hydrogen-bond donors (Lipinski definition) is 0. The highest BCUT2D eigenvalue weighted by molar-refractivity contribution is 7.94. The van der Waals surface area contributed by atoms with E-state index in [9.17, 15) is 16.8 Å². The lowest BCUT2D eigenvalue weighted by Crippen LogP contribution is -2.10. The van der Waals surface area contributed by atoms with E-state index in [0.717, 1.165) is 5.56 Å². The Morgan fingerprint density at radius 1 is 0.742 bits per heavy atom. The largest absolute Gasteiger partial charge is 0.342 e. The van der Waals surface area contributed by atoms with Crippen molar-refractivity contribution in [3.8, 4) is 11.3 Å². The molecule has 0 saturated carbocycles. The molecular formula is C22H16ClNO5S2. The van der Waals surface area contributed by atoms with Crippen molar-refractivity contribution in [3.05, 3.63) is 89.4 Å². The van der Waals surface area contributed by atoms with Gasteiger partial charge in [-0.1, -0.05) is 64.8 Å². The van der Waals surface area contributed by atoms with Crippen LogP contribution in [0.5, 0.6) is 0 Å². The summed E-state index contributed by atoms with van der Waals surface area (Å²) in [5.41, 5.74) is 1.11. The van der Waals surface area contributed by atoms with E-state index in [1.165, 1.54) is 24.3 Å². The first kappa shape index (κ1) is 21.3. The van der Waals surface area contributed by atoms with Crippen LogP contribution in [-0.2, 0) is 19.7 Å². The molecule has 0 saturated heterocycles. The quantitative estimate of drug-likeness (QED) is 0.406. The summed E-state index contributed by atoms with van der Waals surface area (Å²) in [6, 6.07) is 19.8. The van der Waals surface area contributed by atoms with Crippen LogP contribution in [0.25, 0.3) is 11.3 Å². The zero-order valence-electron chi connectivity index (χ0n) is 16.2. The second-order valence-corrected chi connectivity index (χ2v) is 11.0. The van der Waals surface area contributed by atoms with E-state index in [2.05, 4.69) is 5.16 Å². The van der Waals surface area contributed by atoms with E-state index < -0.39 is 29.7 Å². The number of aromatic nitrogens is 1. The number of aryl methyl sites for hydroxylation is 1. The fourth-order valence-corrected chi connectivity index (χ4v) is 6.39. The van der Waals surface area contributed by atoms with Crippen molar-refractivity contribution >= 4 is 31.3 Å². The third-order valence-electron chi connectivity index (χ3n) is 4.64. The molecule has 0 spiro atoms. The maximum atomic E-state index is 13.5. The number of halogens is 1. The Morgan fingerprint density at radius 3 is 1.94 bits per heavy atom. The summed E-state index contributed by atoms with van der Waals surface area (Å²) in [4.78, 5) is -0.684. The highest BCUT2D eigenvalue weighted by Crippen LogP contribution is 2.38. The van der Waals surface area contributed by atoms with E-state index in [1.54, 1.807) is 54.6 Å². The molecule has 1 aromatic heterocycles. The van der Waals surface area contributed by atoms with Gasteiger partial charge in [0, 0.05) is 10.6 Å². The molecule has 0 N–H and O–H groups in total. The molecule has 0 aliphatic carbocycles. The zero-order valence-corrected chi connectivity index (χ0v) is 18.6. The maximum absolute atomic E-state index is 13.5. The van der Waals surface area contributed by atoms with Crippen molar-refractivity contribution in [1.82, 2.24) is 5.16 Å². The molecule has 0 amide bonds. The van der Waals surface area contributed by atoms with Gasteiger partial charge >= 0.3 is 0 Å². The molecule has 0 aliphatic heterocycles. The summed E-state index contributed by atoms with van der Waals surface area (Å²) in [5.74, 6) is 0. The summed E-state index contributed by atoms with van der Waals surface area (Å²) in [5, 5.41) is 3.55. The summed E-state index contributed by atoms with van der Waals surface area (Å²) >= 11 is 5.94. The minimum atomic E-state index is -4.31. The van der Waals surface area contributed by atoms with Crippen molar-refractivity contribution < 1.29 is 21.4 Å². The first-order valence-corrected chi connectivity index (χ1v) is 12.4. The predicted molar refractivity (Wildman–Crippen MR) is 115 cm³/mol. The minimum Gasteiger partial charge on any atom is -0.342 e. The van der Waals surface area contributed by atoms with E-state index in [-0.39, 0.29) is 15.5 Å². The summed E-state index contributed by atoms with van der Waals surface area (Å²) < 4.78 is 58.9. The second kappa shape index (κ2) is 7.96. The van der Waals surface area contributed by atoms with Gasteiger partial charge < -0.3 is 4.52 Å². The predicted octanol–water partition coefficient (Wildman–Crippen LogP) is 4.97. The van der Waals surface area contributed by atoms with Crippen LogP contribution >= 0.6 is 11.6 Å². The number of sulfone groups is 2. The highest BCUT2D eigenvalue weighted by atomic mass is 35.5. The lowest BCUT2D eigenvalue weighted by atomic mass is 10.2. The number of nitrogens with zero attached hydrogens (tertiary/aromatic N) is 1. The monoisotopic (exact) mass is 473 g/mol. The van der Waals surface area contributed by atoms with Gasteiger partial charge in [0.1, 0.15) is 5.69 Å². The number of benzene rings is 3. The van der Waals surface area contributed by atoms with Crippen molar-refractivity contribution in [1.29, 1.82) is 0 Å². The molecule has 0 unspecified atom stereocenters. The lowest BCUT2D eigenvalue weighted by Gasteiger charge is -2.08. The second-order valence-electron chi connectivity index (χ2n) is 6.79. The van der Waals surface area contributed by atoms with Crippen LogP contribution in [0.4, 0.5) is 0 Å². The standard InChI is InChI=1S/C22H16ClNO5S2/c1-15-7-13-19(14-8-15)31(27,28)22-21(30(25,26)18-5-3-2-4-6-18)20(24-29-22)16-9-11-17(23)12-10-16/h2-14H,1H3. The van der Waals surface area contributed by atoms with Crippen LogP contribution in [-0.4, -0.2) is 22.0 Å². The molecule has 4 aromatic rings. The molecule has 3 aromatic carbocycles. The van der Waals surface area contributed by atoms with Crippen LogP contribution in [0, 0.1) is 6.92 Å². The smallest absolute Gasteiger partial charge is 0.274 e. The fraction of sp³-hybridized carbons (Fsp3) is 0.0455. The van der Waals surface area contributed by atoms with Crippen LogP contribution in [0.1, 0.15) is 5.56 Å². The van der Waals surface area contributed by atoms with E-state index in [1.807, 2.05) is 6.92 Å². The minimum absolute atomic E-state index is 0.0752. The molecule has 4 rings (SSSR count). The summed E-state index contributed by atoms with van der Waals surface area (Å²) in [7, 11) is -8.59. The highest BCUT2D eigenvalue weighted by Gasteiger charge is 2.38. The van der Waals surface area contributed by atoms with Crippen LogP contribution in [0.3, 0.4) is 0 Å². The topological polar surface area (TPSA) is 94.3 Å². The molecule has 0 fully saturated rings. The average Bonchev–Trinajstić information content (AvgIpc) is 3.22. The summed E-state index contributed by atoms with van der Waals surface area (Å²) in [6.45, 7) is 1.81. The zero-order chi connectivity index (χ0) is 22.2. The van der Waals surface area contributed by atoms with E-state index in [4.69, 9.17) is 16.1 Å². The normalized spacial score (nSPS) is 12.1. The van der Waals surface area contributed by atoms with Crippen molar-refractivity contribution in [2.45, 2.75) is 26.7 Å². The molecule has 9 heteroatoms. The lowest BCUT2D eigenvalue weighted by molar-refractivity contribution is 0.333. The molecule has 31 heavy (non-hydrogen) atoms. The van der Waals surface area contributed by atoms with Crippen LogP contribution in [0.15, 0.2) is 103 Å². The van der Waals surface area contributed by atoms with Gasteiger partial charge in [-0.15, -0.1) is 0 Å². The van der Waals surface area contributed by atoms with Gasteiger partial charge in [0.2, 0.25) is 19.7 Å². The molecule has 0 radical (unpaired) electrons. The third kappa shape index (κ3) is 3.89. The first-order valence-electron chi connectivity index (χ1n) is 9.09. The Bertz CT molecular complexity index is 1440. The van der Waals surface area contributed by atoms with Crippen molar-refractivity contribution in [2.24, 2.45) is 0 Å². The van der Waals surface area contributed by atoms with Crippen LogP contribution in [0.2, 0.25) is 5.02 Å². The Hall–Kier alpha value is -2.94. The van der Waals surface area contributed by atoms with E-state index >= 15 is 0 Å². The van der Waals surface area contributed by atoms with Crippen molar-refractivity contribution in [3.63, 3.8) is 0 Å². The van der Waals surface area contributed by atoms with Crippen LogP contribution < -0.4 is 0 Å². The van der Waals surface area contributed by atoms with Gasteiger partial charge in [0.05, 0.1) is 9.79 Å². The average molecular weight is 474 g/mol. The number of hydrogen-bond acceptors (Lipinski definition) is 6. The van der Waals surface area contributed by atoms with Gasteiger partial charge in [-0.3, -0.25) is 0 Å². The Balaban J connectivity index is 2.01. The molecule has 0 atom stereocenters. The summed E-state index contributed by atoms with van der Waals surface area (Å²) in [6.07, 6.45) is 0. The fourth-order valence-electron chi connectivity index (χ4n) is 3.01. The Kier molecular flexibility index (Phi) is 5.47. The van der Waals surface area contributed by atoms with Gasteiger partial charge in [0.25, 0.3) is 5.09 Å². The SMILES string of the molecule is Cc1ccc(S(=O)(=O)c2onc(-c3ccc(Cl)cc3)c2S(=O)(=O)c2ccccc2)cc1. The van der Waals surface area contributed by atoms with Crippen molar-refractivity contribution in [2.75, 3.05) is 0 Å². The third-order valence-corrected chi connectivity index (χ3v) is 8.49. The van der Waals surface area contributed by atoms with Gasteiger partial charge in [-0.05, 0) is 43.3 Å². The van der Waals surface area contributed by atoms with E-state index in [0.29, 0.717) is 10.6 Å². The molecule has 0 bridgehead atoms. The Morgan fingerprint density at radius 2 is 1.32 bits per heavy atom. The van der Waals surface area contributed by atoms with Gasteiger partial charge in [-0.25, -0.2) is 16.8 Å². The number of rotatable bonds is 5. The van der Waals surface area contributed by atoms with Gasteiger partial charge in [-0.2, -0.15) is 0 Å². The van der Waals surface area contributed by atoms with Gasteiger partial charge in [0.15, 0.2) is 4.90 Å². The maximum Gasteiger partial charge on any atom is 0.274 e. The molecule has 6 nitrogen and oxygen atoms in total. The first-order chi connectivity index (χ1) is 14.7. The Labute approximate surface area is 184 Å².